The molecular formula is C58H94N2Ni. The van der Waals surface area contributed by atoms with Crippen molar-refractivity contribution in [2.45, 2.75) is 235 Å². The van der Waals surface area contributed by atoms with E-state index in [1.807, 2.05) is 0 Å². The topological polar surface area (TPSA) is 25.3 Å². The molecule has 0 saturated heterocycles. The van der Waals surface area contributed by atoms with Crippen LogP contribution in [0.5, 0.6) is 0 Å². The molecule has 0 radical (unpaired) electrons. The Balaban J connectivity index is 0.00000366. The Hall–Kier alpha value is -2.51. The molecule has 346 valence electrons. The Morgan fingerprint density at radius 1 is 0.426 bits per heavy atom. The maximum Gasteiger partial charge on any atom is 2.00 e. The standard InChI is InChI=1S/C50H76N2.2C4H9.Ni/c1-7-13-19-22-26-31-43-37-35-41(29-24-16-10-4)39-47(43)49-45(33-18-12-6)46(34-28-21-15-9-3)50(52(49)51)48-40-42(30-25-17-11-5)36-38-44(48)32-27-23-20-14-8-2;2*1-3-4-2;/h19-20,22-23,35-40H,7-18,21,24-34H2,1-6H3;2*1,3-4H2,2H3;/q;2*-1;+2. The van der Waals surface area contributed by atoms with Gasteiger partial charge in [-0.25, -0.2) is 4.70 Å². The first-order chi connectivity index (χ1) is 29.4. The molecule has 2 aromatic rings. The van der Waals surface area contributed by atoms with Crippen LogP contribution in [0.15, 0.2) is 71.8 Å². The van der Waals surface area contributed by atoms with E-state index in [1.54, 1.807) is 4.70 Å². The number of nitrogens with zero attached hydrogens (tertiary/aromatic N) is 2. The molecule has 0 atom stereocenters. The molecule has 2 aromatic carbocycles. The van der Waals surface area contributed by atoms with Crippen LogP contribution in [0.3, 0.4) is 0 Å². The van der Waals surface area contributed by atoms with Gasteiger partial charge in [-0.15, -0.1) is 0 Å². The maximum absolute atomic E-state index is 12.8. The zero-order valence-corrected chi connectivity index (χ0v) is 42.2. The molecule has 0 fully saturated rings. The second-order valence-electron chi connectivity index (χ2n) is 17.1. The van der Waals surface area contributed by atoms with Gasteiger partial charge in [0.05, 0.1) is 0 Å². The van der Waals surface area contributed by atoms with Crippen molar-refractivity contribution in [2.75, 3.05) is 0 Å². The van der Waals surface area contributed by atoms with Gasteiger partial charge in [0.1, 0.15) is 0 Å². The molecule has 0 saturated carbocycles. The third kappa shape index (κ3) is 23.1. The van der Waals surface area contributed by atoms with Crippen LogP contribution < -0.4 is 0 Å². The minimum absolute atomic E-state index is 0. The third-order valence-corrected chi connectivity index (χ3v) is 11.5. The second kappa shape index (κ2) is 39.1. The second-order valence-corrected chi connectivity index (χ2v) is 17.1. The molecule has 0 aromatic heterocycles. The van der Waals surface area contributed by atoms with Gasteiger partial charge in [0.15, 0.2) is 0 Å². The van der Waals surface area contributed by atoms with Gasteiger partial charge in [-0.1, -0.05) is 181 Å². The van der Waals surface area contributed by atoms with Gasteiger partial charge in [-0.2, -0.15) is 12.8 Å². The summed E-state index contributed by atoms with van der Waals surface area (Å²) in [4.78, 5) is 0. The van der Waals surface area contributed by atoms with Gasteiger partial charge in [-0.05, 0) is 124 Å². The molecule has 2 nitrogen and oxygen atoms in total. The van der Waals surface area contributed by atoms with Crippen molar-refractivity contribution in [3.63, 3.8) is 0 Å². The molecule has 0 N–H and O–H groups in total. The fourth-order valence-corrected chi connectivity index (χ4v) is 7.70. The Bertz CT molecular complexity index is 1530. The van der Waals surface area contributed by atoms with Crippen LogP contribution in [0.4, 0.5) is 0 Å². The number of allylic oxidation sites excluding steroid dienone is 6. The minimum atomic E-state index is 0. The Morgan fingerprint density at radius 2 is 0.787 bits per heavy atom. The average Bonchev–Trinajstić information content (AvgIpc) is 3.54. The summed E-state index contributed by atoms with van der Waals surface area (Å²) in [6.45, 7) is 25.1. The SMILES string of the molecule is CCCC=CCCc1ccc(CCCCC)cc1C1=C(CCCC)C(CCCCCC)=C(c2cc(CCCCC)ccc2CCC=CCCC)[N+]1=[N-].[CH2-]CCC.[CH2-]CCC.[Ni+2]. The van der Waals surface area contributed by atoms with Crippen molar-refractivity contribution in [1.82, 2.24) is 0 Å². The number of unbranched alkanes of at least 4 members (excludes halogenated alkanes) is 12. The van der Waals surface area contributed by atoms with Crippen molar-refractivity contribution in [3.8, 4) is 0 Å². The quantitative estimate of drug-likeness (QED) is 0.0246. The fraction of sp³-hybridized carbons (Fsp3) is 0.621. The molecule has 1 aliphatic heterocycles. The summed E-state index contributed by atoms with van der Waals surface area (Å²) in [5, 5.41) is 0. The summed E-state index contributed by atoms with van der Waals surface area (Å²) in [6.07, 6.45) is 41.5. The largest absolute Gasteiger partial charge is 2.00 e. The van der Waals surface area contributed by atoms with Crippen molar-refractivity contribution >= 4 is 11.4 Å². The minimum Gasteiger partial charge on any atom is -0.493 e. The van der Waals surface area contributed by atoms with Gasteiger partial charge in [0.25, 0.3) is 0 Å². The predicted molar refractivity (Wildman–Crippen MR) is 270 cm³/mol. The van der Waals surface area contributed by atoms with Crippen LogP contribution in [0, 0.1) is 13.8 Å². The van der Waals surface area contributed by atoms with Crippen molar-refractivity contribution in [1.29, 1.82) is 0 Å². The Kier molecular flexibility index (Phi) is 37.5. The Morgan fingerprint density at radius 3 is 1.16 bits per heavy atom. The summed E-state index contributed by atoms with van der Waals surface area (Å²) >= 11 is 0. The summed E-state index contributed by atoms with van der Waals surface area (Å²) < 4.78 is 1.70. The van der Waals surface area contributed by atoms with Crippen LogP contribution in [0.2, 0.25) is 0 Å². The average molecular weight is 878 g/mol. The van der Waals surface area contributed by atoms with Gasteiger partial charge >= 0.3 is 16.5 Å². The van der Waals surface area contributed by atoms with Crippen molar-refractivity contribution in [2.24, 2.45) is 0 Å². The molecule has 0 aliphatic carbocycles. The maximum atomic E-state index is 12.8. The van der Waals surface area contributed by atoms with E-state index < -0.39 is 0 Å². The van der Waals surface area contributed by atoms with E-state index in [9.17, 15) is 5.53 Å². The molecule has 3 heteroatoms. The number of hydrogen-bond donors (Lipinski definition) is 0. The summed E-state index contributed by atoms with van der Waals surface area (Å²) in [7, 11) is 0. The van der Waals surface area contributed by atoms with Crippen LogP contribution in [-0.2, 0) is 42.2 Å². The van der Waals surface area contributed by atoms with Crippen molar-refractivity contribution < 1.29 is 21.2 Å². The first-order valence-electron chi connectivity index (χ1n) is 25.5. The Labute approximate surface area is 390 Å². The van der Waals surface area contributed by atoms with Gasteiger partial charge < -0.3 is 19.4 Å². The van der Waals surface area contributed by atoms with Crippen LogP contribution in [0.25, 0.3) is 16.9 Å². The molecule has 0 spiro atoms. The number of hydrogen-bond acceptors (Lipinski definition) is 0. The van der Waals surface area contributed by atoms with E-state index in [0.29, 0.717) is 0 Å². The predicted octanol–water partition coefficient (Wildman–Crippen LogP) is 19.3. The third-order valence-electron chi connectivity index (χ3n) is 11.5. The van der Waals surface area contributed by atoms with E-state index in [0.717, 1.165) is 101 Å². The first-order valence-corrected chi connectivity index (χ1v) is 25.5. The zero-order chi connectivity index (χ0) is 44.2. The smallest absolute Gasteiger partial charge is 0.493 e. The molecule has 3 rings (SSSR count). The van der Waals surface area contributed by atoms with Crippen LogP contribution >= 0.6 is 0 Å². The number of rotatable bonds is 30. The molecule has 0 bridgehead atoms. The van der Waals surface area contributed by atoms with Gasteiger partial charge in [0.2, 0.25) is 11.4 Å². The van der Waals surface area contributed by atoms with E-state index in [1.165, 1.54) is 134 Å². The first kappa shape index (κ1) is 58.5. The van der Waals surface area contributed by atoms with E-state index in [4.69, 9.17) is 0 Å². The molecule has 0 unspecified atom stereocenters. The molecule has 1 heterocycles. The van der Waals surface area contributed by atoms with Gasteiger partial charge in [0, 0.05) is 22.3 Å². The van der Waals surface area contributed by atoms with E-state index >= 15 is 0 Å². The molecular weight excluding hydrogens is 783 g/mol. The zero-order valence-electron chi connectivity index (χ0n) is 41.2. The summed E-state index contributed by atoms with van der Waals surface area (Å²) in [5.74, 6) is 0. The summed E-state index contributed by atoms with van der Waals surface area (Å²) in [5.41, 5.74) is 25.8. The van der Waals surface area contributed by atoms with Gasteiger partial charge in [-0.3, -0.25) is 0 Å². The van der Waals surface area contributed by atoms with Crippen LogP contribution in [0.1, 0.15) is 243 Å². The summed E-state index contributed by atoms with van der Waals surface area (Å²) in [6, 6.07) is 14.5. The van der Waals surface area contributed by atoms with Crippen LogP contribution in [-0.4, -0.2) is 4.70 Å². The number of benzene rings is 2. The van der Waals surface area contributed by atoms with E-state index in [2.05, 4.69) is 130 Å². The molecule has 61 heavy (non-hydrogen) atoms. The monoisotopic (exact) mass is 877 g/mol. The normalized spacial score (nSPS) is 12.6. The van der Waals surface area contributed by atoms with Crippen molar-refractivity contribution in [3.05, 3.63) is 125 Å². The molecule has 1 aliphatic rings. The molecule has 0 amide bonds. The van der Waals surface area contributed by atoms with E-state index in [-0.39, 0.29) is 16.5 Å². The number of aryl methyl sites for hydroxylation is 4. The fourth-order valence-electron chi connectivity index (χ4n) is 7.70.